The Hall–Kier alpha value is -2.86. The van der Waals surface area contributed by atoms with Crippen molar-refractivity contribution in [1.82, 2.24) is 15.3 Å². The van der Waals surface area contributed by atoms with E-state index < -0.39 is 0 Å². The van der Waals surface area contributed by atoms with E-state index in [0.717, 1.165) is 34.9 Å². The summed E-state index contributed by atoms with van der Waals surface area (Å²) in [6.45, 7) is 1.94. The summed E-state index contributed by atoms with van der Waals surface area (Å²) >= 11 is 1.44. The fourth-order valence-corrected chi connectivity index (χ4v) is 4.33. The van der Waals surface area contributed by atoms with Crippen LogP contribution in [0.4, 0.5) is 0 Å². The first-order valence-electron chi connectivity index (χ1n) is 9.62. The maximum Gasteiger partial charge on any atom is 0.230 e. The first-order chi connectivity index (χ1) is 14.1. The van der Waals surface area contributed by atoms with Gasteiger partial charge in [0.1, 0.15) is 10.8 Å². The van der Waals surface area contributed by atoms with Crippen LogP contribution in [0.2, 0.25) is 0 Å². The van der Waals surface area contributed by atoms with Gasteiger partial charge in [-0.3, -0.25) is 4.79 Å². The number of methoxy groups -OCH3 is 1. The van der Waals surface area contributed by atoms with Crippen LogP contribution >= 0.6 is 11.8 Å². The van der Waals surface area contributed by atoms with Crippen LogP contribution in [0, 0.1) is 6.92 Å². The van der Waals surface area contributed by atoms with Crippen molar-refractivity contribution in [3.05, 3.63) is 71.4 Å². The smallest absolute Gasteiger partial charge is 0.230 e. The molecule has 2 aromatic carbocycles. The van der Waals surface area contributed by atoms with Crippen molar-refractivity contribution in [1.29, 1.82) is 0 Å². The van der Waals surface area contributed by atoms with Crippen molar-refractivity contribution in [2.45, 2.75) is 30.8 Å². The zero-order valence-electron chi connectivity index (χ0n) is 16.5. The minimum Gasteiger partial charge on any atom is -0.497 e. The maximum absolute atomic E-state index is 12.5. The molecule has 3 aromatic rings. The topological polar surface area (TPSA) is 64.1 Å². The number of ether oxygens (including phenoxy) is 1. The maximum atomic E-state index is 12.5. The highest BCUT2D eigenvalue weighted by atomic mass is 32.2. The molecular formula is C23H23N3O2S. The van der Waals surface area contributed by atoms with Gasteiger partial charge in [-0.25, -0.2) is 9.97 Å². The summed E-state index contributed by atoms with van der Waals surface area (Å²) in [6.07, 6.45) is 1.98. The van der Waals surface area contributed by atoms with E-state index >= 15 is 0 Å². The van der Waals surface area contributed by atoms with Gasteiger partial charge in [-0.2, -0.15) is 0 Å². The minimum absolute atomic E-state index is 0.0268. The number of nitrogens with one attached hydrogen (secondary N) is 1. The van der Waals surface area contributed by atoms with E-state index in [1.54, 1.807) is 7.11 Å². The van der Waals surface area contributed by atoms with Gasteiger partial charge in [0.25, 0.3) is 0 Å². The van der Waals surface area contributed by atoms with Crippen LogP contribution in [0.25, 0.3) is 11.4 Å². The molecule has 1 heterocycles. The van der Waals surface area contributed by atoms with Crippen LogP contribution in [0.15, 0.2) is 59.6 Å². The SMILES string of the molecule is COc1ccc(-c2nc(C)cc(SCC(=O)N[C@H]3CCc4ccccc43)n2)cc1. The Morgan fingerprint density at radius 1 is 1.17 bits per heavy atom. The van der Waals surface area contributed by atoms with Gasteiger partial charge in [0.05, 0.1) is 18.9 Å². The van der Waals surface area contributed by atoms with Gasteiger partial charge in [0.2, 0.25) is 5.91 Å². The summed E-state index contributed by atoms with van der Waals surface area (Å²) in [6, 6.07) is 18.0. The first kappa shape index (κ1) is 19.5. The Balaban J connectivity index is 1.40. The van der Waals surface area contributed by atoms with Gasteiger partial charge in [0.15, 0.2) is 5.82 Å². The van der Waals surface area contributed by atoms with E-state index in [9.17, 15) is 4.79 Å². The number of rotatable bonds is 6. The van der Waals surface area contributed by atoms with Crippen LogP contribution in [-0.4, -0.2) is 28.7 Å². The van der Waals surface area contributed by atoms with E-state index in [-0.39, 0.29) is 11.9 Å². The van der Waals surface area contributed by atoms with Crippen molar-refractivity contribution < 1.29 is 9.53 Å². The molecular weight excluding hydrogens is 382 g/mol. The second-order valence-corrected chi connectivity index (χ2v) is 8.04. The van der Waals surface area contributed by atoms with Gasteiger partial charge in [-0.15, -0.1) is 0 Å². The summed E-state index contributed by atoms with van der Waals surface area (Å²) < 4.78 is 5.20. The molecule has 1 atom stereocenters. The number of nitrogens with zero attached hydrogens (tertiary/aromatic N) is 2. The largest absolute Gasteiger partial charge is 0.497 e. The number of amides is 1. The second-order valence-electron chi connectivity index (χ2n) is 7.05. The summed E-state index contributed by atoms with van der Waals surface area (Å²) in [4.78, 5) is 21.7. The Morgan fingerprint density at radius 2 is 1.97 bits per heavy atom. The van der Waals surface area contributed by atoms with Gasteiger partial charge < -0.3 is 10.1 Å². The standard InChI is InChI=1S/C23H23N3O2S/c1-15-13-22(26-23(24-15)17-7-10-18(28-2)11-8-17)29-14-21(27)25-20-12-9-16-5-3-4-6-19(16)20/h3-8,10-11,13,20H,9,12,14H2,1-2H3,(H,25,27)/t20-/m0/s1. The molecule has 4 rings (SSSR count). The molecule has 6 heteroatoms. The lowest BCUT2D eigenvalue weighted by Crippen LogP contribution is -2.28. The zero-order valence-corrected chi connectivity index (χ0v) is 17.3. The normalized spacial score (nSPS) is 15.0. The van der Waals surface area contributed by atoms with E-state index in [1.165, 1.54) is 22.9 Å². The predicted octanol–water partition coefficient (Wildman–Crippen LogP) is 4.36. The summed E-state index contributed by atoms with van der Waals surface area (Å²) in [7, 11) is 1.64. The van der Waals surface area contributed by atoms with E-state index in [1.807, 2.05) is 43.3 Å². The molecule has 0 bridgehead atoms. The highest BCUT2D eigenvalue weighted by Gasteiger charge is 2.23. The number of aromatic nitrogens is 2. The number of hydrogen-bond donors (Lipinski definition) is 1. The summed E-state index contributed by atoms with van der Waals surface area (Å²) in [5, 5.41) is 3.96. The van der Waals surface area contributed by atoms with Crippen LogP contribution in [0.3, 0.4) is 0 Å². The number of hydrogen-bond acceptors (Lipinski definition) is 5. The van der Waals surface area contributed by atoms with Gasteiger partial charge >= 0.3 is 0 Å². The third-order valence-electron chi connectivity index (χ3n) is 5.00. The molecule has 0 saturated carbocycles. The van der Waals surface area contributed by atoms with Crippen LogP contribution < -0.4 is 10.1 Å². The molecule has 0 spiro atoms. The minimum atomic E-state index is 0.0268. The fourth-order valence-electron chi connectivity index (χ4n) is 3.57. The van der Waals surface area contributed by atoms with Crippen molar-refractivity contribution in [2.24, 2.45) is 0 Å². The van der Waals surface area contributed by atoms with Crippen LogP contribution in [-0.2, 0) is 11.2 Å². The van der Waals surface area contributed by atoms with Crippen LogP contribution in [0.1, 0.15) is 29.3 Å². The Bertz CT molecular complexity index is 1020. The van der Waals surface area contributed by atoms with Gasteiger partial charge in [-0.05, 0) is 61.2 Å². The van der Waals surface area contributed by atoms with Crippen molar-refractivity contribution in [3.8, 4) is 17.1 Å². The average Bonchev–Trinajstić information content (AvgIpc) is 3.15. The Labute approximate surface area is 174 Å². The summed E-state index contributed by atoms with van der Waals surface area (Å²) in [5.74, 6) is 1.80. The van der Waals surface area contributed by atoms with Gasteiger partial charge in [0, 0.05) is 11.3 Å². The predicted molar refractivity (Wildman–Crippen MR) is 115 cm³/mol. The molecule has 1 aliphatic carbocycles. The van der Waals surface area contributed by atoms with Crippen molar-refractivity contribution in [3.63, 3.8) is 0 Å². The molecule has 148 valence electrons. The molecule has 0 fully saturated rings. The number of fused-ring (bicyclic) bond motifs is 1. The lowest BCUT2D eigenvalue weighted by molar-refractivity contribution is -0.119. The molecule has 29 heavy (non-hydrogen) atoms. The zero-order chi connectivity index (χ0) is 20.2. The first-order valence-corrected chi connectivity index (χ1v) is 10.6. The quantitative estimate of drug-likeness (QED) is 0.488. The van der Waals surface area contributed by atoms with Crippen LogP contribution in [0.5, 0.6) is 5.75 Å². The Kier molecular flexibility index (Phi) is 5.81. The lowest BCUT2D eigenvalue weighted by atomic mass is 10.1. The van der Waals surface area contributed by atoms with Gasteiger partial charge in [-0.1, -0.05) is 36.0 Å². The number of carbonyl (C=O) groups excluding carboxylic acids is 1. The highest BCUT2D eigenvalue weighted by molar-refractivity contribution is 7.99. The van der Waals surface area contributed by atoms with E-state index in [4.69, 9.17) is 4.74 Å². The monoisotopic (exact) mass is 405 g/mol. The molecule has 1 aromatic heterocycles. The molecule has 1 amide bonds. The van der Waals surface area contributed by atoms with E-state index in [2.05, 4.69) is 33.5 Å². The second kappa shape index (κ2) is 8.66. The Morgan fingerprint density at radius 3 is 2.76 bits per heavy atom. The lowest BCUT2D eigenvalue weighted by Gasteiger charge is -2.14. The third kappa shape index (κ3) is 4.59. The molecule has 0 radical (unpaired) electrons. The average molecular weight is 406 g/mol. The van der Waals surface area contributed by atoms with Crippen molar-refractivity contribution >= 4 is 17.7 Å². The molecule has 5 nitrogen and oxygen atoms in total. The summed E-state index contributed by atoms with van der Waals surface area (Å²) in [5.41, 5.74) is 4.37. The molecule has 0 saturated heterocycles. The van der Waals surface area contributed by atoms with Crippen molar-refractivity contribution in [2.75, 3.05) is 12.9 Å². The number of thioether (sulfide) groups is 1. The highest BCUT2D eigenvalue weighted by Crippen LogP contribution is 2.31. The fraction of sp³-hybridized carbons (Fsp3) is 0.261. The molecule has 0 unspecified atom stereocenters. The number of aryl methyl sites for hydroxylation is 2. The number of benzene rings is 2. The van der Waals surface area contributed by atoms with E-state index in [0.29, 0.717) is 11.6 Å². The molecule has 1 aliphatic rings. The molecule has 1 N–H and O–H groups in total. The number of carbonyl (C=O) groups is 1. The molecule has 0 aliphatic heterocycles. The third-order valence-corrected chi connectivity index (χ3v) is 5.91.